The fourth-order valence-corrected chi connectivity index (χ4v) is 7.22. The molecule has 0 spiro atoms. The largest absolute Gasteiger partial charge is 0.472 e. The maximum atomic E-state index is 16.6. The third-order valence-electron chi connectivity index (χ3n) is 9.17. The van der Waals surface area contributed by atoms with Crippen molar-refractivity contribution in [3.8, 4) is 23.1 Å². The van der Waals surface area contributed by atoms with E-state index in [0.717, 1.165) is 19.8 Å². The van der Waals surface area contributed by atoms with Crippen LogP contribution in [-0.4, -0.2) is 83.3 Å². The van der Waals surface area contributed by atoms with Crippen molar-refractivity contribution < 1.29 is 40.2 Å². The van der Waals surface area contributed by atoms with E-state index in [1.54, 1.807) is 11.8 Å². The molecule has 3 N–H and O–H groups in total. The molecule has 0 aliphatic carbocycles. The molecule has 6 heterocycles. The number of alkyl halides is 5. The molecule has 3 aromatic rings. The van der Waals surface area contributed by atoms with Crippen molar-refractivity contribution in [2.24, 2.45) is 5.92 Å². The molecule has 2 bridgehead atoms. The number of piperazine rings is 1. The summed E-state index contributed by atoms with van der Waals surface area (Å²) in [6.07, 6.45) is -6.33. The minimum atomic E-state index is -5.07. The number of likely N-dealkylation sites (tertiary alicyclic amines) is 1. The van der Waals surface area contributed by atoms with Crippen LogP contribution < -0.4 is 25.4 Å². The Morgan fingerprint density at radius 1 is 1.11 bits per heavy atom. The van der Waals surface area contributed by atoms with E-state index >= 15 is 4.39 Å². The highest BCUT2D eigenvalue weighted by molar-refractivity contribution is 5.97. The predicted octanol–water partition coefficient (Wildman–Crippen LogP) is 4.55. The Morgan fingerprint density at radius 3 is 2.58 bits per heavy atom. The third kappa shape index (κ3) is 5.05. The number of fused-ring (bicyclic) bond motifs is 5. The molecule has 2 aromatic heterocycles. The van der Waals surface area contributed by atoms with Gasteiger partial charge in [-0.2, -0.15) is 23.1 Å². The molecule has 16 heteroatoms. The van der Waals surface area contributed by atoms with Crippen LogP contribution in [-0.2, 0) is 6.18 Å². The molecule has 0 saturated carbocycles. The monoisotopic (exact) mass is 641 g/mol. The number of nitrogen functional groups attached to an aromatic ring is 1. The van der Waals surface area contributed by atoms with Crippen LogP contribution in [0.1, 0.15) is 30.9 Å². The van der Waals surface area contributed by atoms with Gasteiger partial charge in [-0.1, -0.05) is 0 Å². The molecule has 0 unspecified atom stereocenters. The van der Waals surface area contributed by atoms with Gasteiger partial charge in [-0.15, -0.1) is 0 Å². The first-order valence-electron chi connectivity index (χ1n) is 14.7. The maximum Gasteiger partial charge on any atom is 0.417 e. The average Bonchev–Trinajstić information content (AvgIpc) is 3.27. The molecule has 45 heavy (non-hydrogen) atoms. The molecule has 0 radical (unpaired) electrons. The van der Waals surface area contributed by atoms with Crippen LogP contribution in [0.5, 0.6) is 11.9 Å². The fourth-order valence-electron chi connectivity index (χ4n) is 7.22. The lowest BCUT2D eigenvalue weighted by Gasteiger charge is -2.42. The highest BCUT2D eigenvalue weighted by Gasteiger charge is 2.47. The van der Waals surface area contributed by atoms with E-state index in [2.05, 4.69) is 20.3 Å². The Balaban J connectivity index is 1.38. The van der Waals surface area contributed by atoms with Gasteiger partial charge in [0, 0.05) is 43.2 Å². The van der Waals surface area contributed by atoms with E-state index in [-0.39, 0.29) is 65.8 Å². The molecular formula is C29H30F7N7O2. The number of halogens is 7. The number of aromatic nitrogens is 3. The standard InChI is InChI=1S/C29H30F7N7O2/c1-11-20(29(34,35)36)15(5-16(37)21(11)32)23-22(33)24-19-26(41-28(40-24)44-10-13-6-42(7-13)9-18(30)31)43-8-14-3-4-17(38-14)25(43)12(2)45-27(19)39-23/h5,12-14,17-18,25,38H,3-4,6-10,37H2,1-2H3/t12-,14+,17-,25+/m0/s1. The summed E-state index contributed by atoms with van der Waals surface area (Å²) in [5, 5.41) is 3.64. The Morgan fingerprint density at radius 2 is 1.87 bits per heavy atom. The number of rotatable bonds is 6. The zero-order valence-electron chi connectivity index (χ0n) is 24.3. The second kappa shape index (κ2) is 10.7. The van der Waals surface area contributed by atoms with E-state index in [0.29, 0.717) is 25.7 Å². The number of benzene rings is 1. The minimum Gasteiger partial charge on any atom is -0.472 e. The van der Waals surface area contributed by atoms with E-state index in [4.69, 9.17) is 15.2 Å². The van der Waals surface area contributed by atoms with Gasteiger partial charge >= 0.3 is 12.2 Å². The molecule has 3 saturated heterocycles. The zero-order chi connectivity index (χ0) is 31.9. The number of pyridine rings is 1. The quantitative estimate of drug-likeness (QED) is 0.297. The van der Waals surface area contributed by atoms with E-state index in [1.807, 2.05) is 4.90 Å². The smallest absolute Gasteiger partial charge is 0.417 e. The van der Waals surface area contributed by atoms with Crippen LogP contribution in [0, 0.1) is 24.5 Å². The van der Waals surface area contributed by atoms with Crippen LogP contribution >= 0.6 is 0 Å². The van der Waals surface area contributed by atoms with Crippen LogP contribution in [0.25, 0.3) is 22.2 Å². The molecule has 0 amide bonds. The molecule has 4 aliphatic rings. The van der Waals surface area contributed by atoms with Crippen molar-refractivity contribution in [2.75, 3.05) is 43.4 Å². The zero-order valence-corrected chi connectivity index (χ0v) is 24.3. The van der Waals surface area contributed by atoms with Crippen LogP contribution in [0.15, 0.2) is 6.07 Å². The lowest BCUT2D eigenvalue weighted by atomic mass is 9.96. The van der Waals surface area contributed by atoms with Gasteiger partial charge in [0.1, 0.15) is 34.3 Å². The van der Waals surface area contributed by atoms with Crippen molar-refractivity contribution in [3.63, 3.8) is 0 Å². The second-order valence-corrected chi connectivity index (χ2v) is 12.3. The Hall–Kier alpha value is -3.66. The van der Waals surface area contributed by atoms with Crippen molar-refractivity contribution in [3.05, 3.63) is 28.8 Å². The Labute approximate surface area is 252 Å². The van der Waals surface area contributed by atoms with Crippen LogP contribution in [0.2, 0.25) is 0 Å². The Bertz CT molecular complexity index is 1670. The topological polar surface area (TPSA) is 102 Å². The van der Waals surface area contributed by atoms with E-state index in [1.165, 1.54) is 0 Å². The molecule has 7 rings (SSSR count). The Kier molecular flexibility index (Phi) is 7.15. The van der Waals surface area contributed by atoms with Gasteiger partial charge in [-0.25, -0.2) is 22.5 Å². The van der Waals surface area contributed by atoms with Gasteiger partial charge in [0.25, 0.3) is 6.43 Å². The van der Waals surface area contributed by atoms with Crippen LogP contribution in [0.3, 0.4) is 0 Å². The summed E-state index contributed by atoms with van der Waals surface area (Å²) in [6.45, 7) is 3.67. The summed E-state index contributed by atoms with van der Waals surface area (Å²) in [7, 11) is 0. The predicted molar refractivity (Wildman–Crippen MR) is 149 cm³/mol. The van der Waals surface area contributed by atoms with E-state index < -0.39 is 58.4 Å². The molecule has 1 aromatic carbocycles. The maximum absolute atomic E-state index is 16.6. The lowest BCUT2D eigenvalue weighted by molar-refractivity contribution is -0.137. The highest BCUT2D eigenvalue weighted by atomic mass is 19.4. The molecule has 242 valence electrons. The van der Waals surface area contributed by atoms with Crippen molar-refractivity contribution >= 4 is 22.4 Å². The first-order chi connectivity index (χ1) is 21.3. The number of hydrogen-bond acceptors (Lipinski definition) is 9. The summed E-state index contributed by atoms with van der Waals surface area (Å²) >= 11 is 0. The summed E-state index contributed by atoms with van der Waals surface area (Å²) in [5.74, 6) is -2.47. The van der Waals surface area contributed by atoms with Gasteiger partial charge in [-0.05, 0) is 38.3 Å². The van der Waals surface area contributed by atoms with Crippen LogP contribution in [0.4, 0.5) is 42.2 Å². The second-order valence-electron chi connectivity index (χ2n) is 12.3. The van der Waals surface area contributed by atoms with Gasteiger partial charge in [-0.3, -0.25) is 4.90 Å². The molecule has 4 aliphatic heterocycles. The number of ether oxygens (including phenoxy) is 2. The van der Waals surface area contributed by atoms with Gasteiger partial charge < -0.3 is 25.4 Å². The van der Waals surface area contributed by atoms with Gasteiger partial charge in [0.05, 0.1) is 30.4 Å². The number of anilines is 2. The summed E-state index contributed by atoms with van der Waals surface area (Å²) in [6, 6.07) is 0.333. The molecule has 9 nitrogen and oxygen atoms in total. The van der Waals surface area contributed by atoms with Gasteiger partial charge in [0.15, 0.2) is 5.82 Å². The van der Waals surface area contributed by atoms with Crippen molar-refractivity contribution in [1.82, 2.24) is 25.2 Å². The number of nitrogens with one attached hydrogen (secondary N) is 1. The summed E-state index contributed by atoms with van der Waals surface area (Å²) in [4.78, 5) is 16.8. The summed E-state index contributed by atoms with van der Waals surface area (Å²) < 4.78 is 112. The normalized spacial score (nSPS) is 24.9. The van der Waals surface area contributed by atoms with Crippen molar-refractivity contribution in [1.29, 1.82) is 0 Å². The lowest BCUT2D eigenvalue weighted by Crippen LogP contribution is -2.62. The number of hydrogen-bond donors (Lipinski definition) is 2. The SMILES string of the molecule is Cc1c(F)c(N)cc(-c2nc3c4c(nc(OCC5CN(CC(F)F)C5)nc4c2F)N2C[C@H]4CC[C@H](N4)[C@H]2[C@H](C)O3)c1C(F)(F)F. The van der Waals surface area contributed by atoms with Crippen molar-refractivity contribution in [2.45, 2.75) is 63.5 Å². The first-order valence-corrected chi connectivity index (χ1v) is 14.7. The van der Waals surface area contributed by atoms with Gasteiger partial charge in [0.2, 0.25) is 5.88 Å². The fraction of sp³-hybridized carbons (Fsp3) is 0.552. The highest BCUT2D eigenvalue weighted by Crippen LogP contribution is 2.47. The number of nitrogens with two attached hydrogens (primary N) is 1. The third-order valence-corrected chi connectivity index (χ3v) is 9.17. The minimum absolute atomic E-state index is 0.000985. The average molecular weight is 642 g/mol. The van der Waals surface area contributed by atoms with E-state index in [9.17, 15) is 26.3 Å². The molecule has 4 atom stereocenters. The number of nitrogens with zero attached hydrogens (tertiary/aromatic N) is 5. The molecule has 3 fully saturated rings. The summed E-state index contributed by atoms with van der Waals surface area (Å²) in [5.41, 5.74) is 0.995. The first kappa shape index (κ1) is 30.0. The molecular weight excluding hydrogens is 611 g/mol.